The number of halogens is 1. The Bertz CT molecular complexity index is 542. The molecule has 1 heterocycles. The molecule has 2 aromatic rings. The zero-order valence-electron chi connectivity index (χ0n) is 12.5. The van der Waals surface area contributed by atoms with E-state index < -0.39 is 0 Å². The zero-order valence-corrected chi connectivity index (χ0v) is 14.1. The number of benzene rings is 1. The van der Waals surface area contributed by atoms with Crippen LogP contribution in [0.4, 0.5) is 0 Å². The lowest BCUT2D eigenvalue weighted by Gasteiger charge is -2.17. The number of aromatic nitrogens is 2. The molecule has 0 radical (unpaired) electrons. The van der Waals surface area contributed by atoms with Crippen molar-refractivity contribution in [3.8, 4) is 5.75 Å². The number of aromatic amines is 1. The monoisotopic (exact) mass is 351 g/mol. The lowest BCUT2D eigenvalue weighted by Crippen LogP contribution is -2.21. The first kappa shape index (κ1) is 16.0. The lowest BCUT2D eigenvalue weighted by atomic mass is 10.1. The van der Waals surface area contributed by atoms with Gasteiger partial charge in [0.15, 0.2) is 0 Å². The smallest absolute Gasteiger partial charge is 0.123 e. The minimum atomic E-state index is 0.220. The first-order valence-electron chi connectivity index (χ1n) is 7.38. The van der Waals surface area contributed by atoms with Crippen LogP contribution >= 0.6 is 15.9 Å². The molecule has 21 heavy (non-hydrogen) atoms. The van der Waals surface area contributed by atoms with Crippen molar-refractivity contribution in [3.63, 3.8) is 0 Å². The molecule has 0 amide bonds. The second-order valence-corrected chi connectivity index (χ2v) is 5.83. The summed E-state index contributed by atoms with van der Waals surface area (Å²) in [6.07, 6.45) is 5.63. The maximum absolute atomic E-state index is 5.81. The van der Waals surface area contributed by atoms with Crippen molar-refractivity contribution in [3.05, 3.63) is 46.5 Å². The molecule has 0 spiro atoms. The summed E-state index contributed by atoms with van der Waals surface area (Å²) < 4.78 is 6.88. The first-order chi connectivity index (χ1) is 10.2. The molecule has 0 saturated carbocycles. The third-order valence-electron chi connectivity index (χ3n) is 3.28. The van der Waals surface area contributed by atoms with E-state index in [4.69, 9.17) is 4.74 Å². The standard InChI is InChI=1S/C16H22BrN3O/c1-3-9-21-15-6-5-13(17)10-12(15)11-20-14(4-2)16-18-7-8-19-16/h5-8,10,14,20H,3-4,9,11H2,1-2H3,(H,18,19). The summed E-state index contributed by atoms with van der Waals surface area (Å²) in [5, 5.41) is 3.54. The van der Waals surface area contributed by atoms with Crippen molar-refractivity contribution in [2.45, 2.75) is 39.3 Å². The van der Waals surface area contributed by atoms with Gasteiger partial charge in [0.1, 0.15) is 11.6 Å². The van der Waals surface area contributed by atoms with E-state index >= 15 is 0 Å². The van der Waals surface area contributed by atoms with Crippen molar-refractivity contribution < 1.29 is 4.74 Å². The molecule has 0 aliphatic heterocycles. The Morgan fingerprint density at radius 1 is 1.38 bits per heavy atom. The van der Waals surface area contributed by atoms with Gasteiger partial charge in [0, 0.05) is 29.0 Å². The van der Waals surface area contributed by atoms with Crippen molar-refractivity contribution in [2.24, 2.45) is 0 Å². The fourth-order valence-corrected chi connectivity index (χ4v) is 2.58. The third kappa shape index (κ3) is 4.58. The van der Waals surface area contributed by atoms with E-state index in [2.05, 4.69) is 51.1 Å². The molecule has 2 N–H and O–H groups in total. The molecule has 0 saturated heterocycles. The van der Waals surface area contributed by atoms with E-state index in [0.717, 1.165) is 47.6 Å². The Labute approximate surface area is 134 Å². The Balaban J connectivity index is 2.05. The highest BCUT2D eigenvalue weighted by atomic mass is 79.9. The van der Waals surface area contributed by atoms with Crippen LogP contribution in [-0.2, 0) is 6.54 Å². The van der Waals surface area contributed by atoms with Gasteiger partial charge in [-0.3, -0.25) is 0 Å². The number of H-pyrrole nitrogens is 1. The highest BCUT2D eigenvalue weighted by molar-refractivity contribution is 9.10. The number of ether oxygens (including phenoxy) is 1. The van der Waals surface area contributed by atoms with Crippen molar-refractivity contribution in [1.29, 1.82) is 0 Å². The highest BCUT2D eigenvalue weighted by Gasteiger charge is 2.12. The van der Waals surface area contributed by atoms with Crippen LogP contribution in [0.25, 0.3) is 0 Å². The van der Waals surface area contributed by atoms with Crippen LogP contribution in [0, 0.1) is 0 Å². The van der Waals surface area contributed by atoms with E-state index in [1.807, 2.05) is 18.3 Å². The largest absolute Gasteiger partial charge is 0.493 e. The second kappa shape index (κ2) is 8.20. The summed E-state index contributed by atoms with van der Waals surface area (Å²) in [5.41, 5.74) is 1.16. The molecular formula is C16H22BrN3O. The summed E-state index contributed by atoms with van der Waals surface area (Å²) in [6, 6.07) is 6.36. The van der Waals surface area contributed by atoms with Gasteiger partial charge < -0.3 is 15.0 Å². The first-order valence-corrected chi connectivity index (χ1v) is 8.17. The number of hydrogen-bond donors (Lipinski definition) is 2. The molecule has 0 bridgehead atoms. The fraction of sp³-hybridized carbons (Fsp3) is 0.438. The number of nitrogens with one attached hydrogen (secondary N) is 2. The van der Waals surface area contributed by atoms with Crippen LogP contribution in [0.3, 0.4) is 0 Å². The molecule has 1 atom stereocenters. The average molecular weight is 352 g/mol. The zero-order chi connectivity index (χ0) is 15.1. The Morgan fingerprint density at radius 3 is 2.90 bits per heavy atom. The fourth-order valence-electron chi connectivity index (χ4n) is 2.17. The normalized spacial score (nSPS) is 12.3. The highest BCUT2D eigenvalue weighted by Crippen LogP contribution is 2.24. The maximum atomic E-state index is 5.81. The summed E-state index contributed by atoms with van der Waals surface area (Å²) >= 11 is 3.53. The van der Waals surface area contributed by atoms with Gasteiger partial charge in [0.2, 0.25) is 0 Å². The topological polar surface area (TPSA) is 49.9 Å². The van der Waals surface area contributed by atoms with Crippen LogP contribution in [0.5, 0.6) is 5.75 Å². The van der Waals surface area contributed by atoms with Gasteiger partial charge in [0.05, 0.1) is 12.6 Å². The van der Waals surface area contributed by atoms with Crippen LogP contribution in [-0.4, -0.2) is 16.6 Å². The SMILES string of the molecule is CCCOc1ccc(Br)cc1CNC(CC)c1ncc[nH]1. The lowest BCUT2D eigenvalue weighted by molar-refractivity contribution is 0.312. The molecule has 114 valence electrons. The maximum Gasteiger partial charge on any atom is 0.123 e. The minimum absolute atomic E-state index is 0.220. The van der Waals surface area contributed by atoms with Crippen molar-refractivity contribution in [2.75, 3.05) is 6.61 Å². The van der Waals surface area contributed by atoms with Gasteiger partial charge in [0.25, 0.3) is 0 Å². The van der Waals surface area contributed by atoms with Gasteiger partial charge in [-0.1, -0.05) is 29.8 Å². The predicted molar refractivity (Wildman–Crippen MR) is 88.4 cm³/mol. The van der Waals surface area contributed by atoms with Gasteiger partial charge in [-0.15, -0.1) is 0 Å². The summed E-state index contributed by atoms with van der Waals surface area (Å²) in [7, 11) is 0. The van der Waals surface area contributed by atoms with Crippen LogP contribution in [0.1, 0.15) is 44.1 Å². The number of rotatable bonds is 8. The van der Waals surface area contributed by atoms with Crippen molar-refractivity contribution >= 4 is 15.9 Å². The van der Waals surface area contributed by atoms with Gasteiger partial charge in [-0.25, -0.2) is 4.98 Å². The molecule has 4 nitrogen and oxygen atoms in total. The van der Waals surface area contributed by atoms with Crippen LogP contribution < -0.4 is 10.1 Å². The number of hydrogen-bond acceptors (Lipinski definition) is 3. The van der Waals surface area contributed by atoms with Gasteiger partial charge >= 0.3 is 0 Å². The Hall–Kier alpha value is -1.33. The van der Waals surface area contributed by atoms with Crippen molar-refractivity contribution in [1.82, 2.24) is 15.3 Å². The summed E-state index contributed by atoms with van der Waals surface area (Å²) in [4.78, 5) is 7.50. The summed E-state index contributed by atoms with van der Waals surface area (Å²) in [6.45, 7) is 5.75. The Kier molecular flexibility index (Phi) is 6.26. The molecule has 0 fully saturated rings. The molecule has 0 aliphatic carbocycles. The molecule has 1 aromatic carbocycles. The van der Waals surface area contributed by atoms with E-state index in [-0.39, 0.29) is 6.04 Å². The quantitative estimate of drug-likeness (QED) is 0.749. The minimum Gasteiger partial charge on any atom is -0.493 e. The molecule has 5 heteroatoms. The molecule has 1 unspecified atom stereocenters. The predicted octanol–water partition coefficient (Wildman–Crippen LogP) is 4.20. The molecule has 0 aliphatic rings. The van der Waals surface area contributed by atoms with Crippen LogP contribution in [0.2, 0.25) is 0 Å². The number of imidazole rings is 1. The van der Waals surface area contributed by atoms with Gasteiger partial charge in [-0.2, -0.15) is 0 Å². The molecule has 1 aromatic heterocycles. The van der Waals surface area contributed by atoms with E-state index in [1.54, 1.807) is 6.20 Å². The van der Waals surface area contributed by atoms with E-state index in [9.17, 15) is 0 Å². The second-order valence-electron chi connectivity index (χ2n) is 4.92. The Morgan fingerprint density at radius 2 is 2.24 bits per heavy atom. The molecular weight excluding hydrogens is 330 g/mol. The van der Waals surface area contributed by atoms with Crippen LogP contribution in [0.15, 0.2) is 35.1 Å². The van der Waals surface area contributed by atoms with E-state index in [1.165, 1.54) is 0 Å². The number of nitrogens with zero attached hydrogens (tertiary/aromatic N) is 1. The van der Waals surface area contributed by atoms with E-state index in [0.29, 0.717) is 0 Å². The third-order valence-corrected chi connectivity index (χ3v) is 3.77. The molecule has 2 rings (SSSR count). The van der Waals surface area contributed by atoms with Gasteiger partial charge in [-0.05, 0) is 31.0 Å². The average Bonchev–Trinajstić information content (AvgIpc) is 3.01. The summed E-state index contributed by atoms with van der Waals surface area (Å²) in [5.74, 6) is 1.92.